The van der Waals surface area contributed by atoms with Crippen LogP contribution in [0.25, 0.3) is 10.9 Å². The summed E-state index contributed by atoms with van der Waals surface area (Å²) in [6.45, 7) is 0.488. The molecule has 0 bridgehead atoms. The van der Waals surface area contributed by atoms with Gasteiger partial charge in [-0.15, -0.1) is 11.6 Å². The van der Waals surface area contributed by atoms with Gasteiger partial charge in [0.15, 0.2) is 23.6 Å². The maximum Gasteiger partial charge on any atom is 0.192 e. The van der Waals surface area contributed by atoms with Gasteiger partial charge in [-0.05, 0) is 12.5 Å². The van der Waals surface area contributed by atoms with Crippen molar-refractivity contribution in [3.8, 4) is 11.5 Å². The summed E-state index contributed by atoms with van der Waals surface area (Å²) >= 11 is 5.68. The Morgan fingerprint density at radius 3 is 2.65 bits per heavy atom. The van der Waals surface area contributed by atoms with Crippen LogP contribution in [0.4, 0.5) is 11.5 Å². The summed E-state index contributed by atoms with van der Waals surface area (Å²) in [5, 5.41) is 3.86. The second-order valence-electron chi connectivity index (χ2n) is 5.21. The Hall–Kier alpha value is -3.00. The fourth-order valence-electron chi connectivity index (χ4n) is 2.27. The van der Waals surface area contributed by atoms with E-state index in [4.69, 9.17) is 21.1 Å². The van der Waals surface area contributed by atoms with Crippen LogP contribution in [-0.4, -0.2) is 45.8 Å². The van der Waals surface area contributed by atoms with E-state index in [1.54, 1.807) is 19.2 Å². The molecular weight excluding hydrogens is 358 g/mol. The van der Waals surface area contributed by atoms with Gasteiger partial charge in [0.2, 0.25) is 0 Å². The zero-order chi connectivity index (χ0) is 18.4. The van der Waals surface area contributed by atoms with Crippen LogP contribution in [0.2, 0.25) is 0 Å². The van der Waals surface area contributed by atoms with E-state index >= 15 is 0 Å². The molecule has 1 N–H and O–H groups in total. The summed E-state index contributed by atoms with van der Waals surface area (Å²) in [5.41, 5.74) is 1.28. The number of benzene rings is 1. The molecule has 0 aliphatic rings. The number of carbonyl (C=O) groups excluding carboxylic acids is 1. The molecule has 2 heterocycles. The fraction of sp³-hybridized carbons (Fsp3) is 0.235. The monoisotopic (exact) mass is 373 g/mol. The van der Waals surface area contributed by atoms with Gasteiger partial charge in [0.05, 0.1) is 37.3 Å². The van der Waals surface area contributed by atoms with Gasteiger partial charge >= 0.3 is 0 Å². The minimum absolute atomic E-state index is 0.114. The smallest absolute Gasteiger partial charge is 0.192 e. The Morgan fingerprint density at radius 1 is 1.15 bits per heavy atom. The second kappa shape index (κ2) is 8.39. The highest BCUT2D eigenvalue weighted by atomic mass is 35.5. The number of nitrogens with zero attached hydrogens (tertiary/aromatic N) is 4. The summed E-state index contributed by atoms with van der Waals surface area (Å²) in [6, 6.07) is 3.59. The third kappa shape index (κ3) is 3.97. The lowest BCUT2D eigenvalue weighted by atomic mass is 10.2. The van der Waals surface area contributed by atoms with Gasteiger partial charge < -0.3 is 14.8 Å². The van der Waals surface area contributed by atoms with Gasteiger partial charge in [-0.1, -0.05) is 0 Å². The van der Waals surface area contributed by atoms with Gasteiger partial charge in [-0.25, -0.2) is 19.9 Å². The maximum atomic E-state index is 10.6. The van der Waals surface area contributed by atoms with E-state index < -0.39 is 0 Å². The minimum Gasteiger partial charge on any atom is -0.493 e. The van der Waals surface area contributed by atoms with E-state index in [0.29, 0.717) is 47.3 Å². The first-order valence-electron chi connectivity index (χ1n) is 7.81. The molecule has 3 aromatic rings. The zero-order valence-electron chi connectivity index (χ0n) is 14.0. The first kappa shape index (κ1) is 17.8. The van der Waals surface area contributed by atoms with E-state index in [0.717, 1.165) is 11.8 Å². The molecule has 0 saturated carbocycles. The van der Waals surface area contributed by atoms with Crippen molar-refractivity contribution in [3.63, 3.8) is 0 Å². The standard InChI is InChI=1S/C17H16ClN5O3/c1-25-14-5-12-13(6-15(14)26-4-2-3-18)21-10-22-17(12)23-11-7-19-16(9-24)20-8-11/h5-10H,2-4H2,1H3,(H,21,22,23). The van der Waals surface area contributed by atoms with Crippen molar-refractivity contribution in [2.45, 2.75) is 6.42 Å². The van der Waals surface area contributed by atoms with Crippen LogP contribution in [0.3, 0.4) is 0 Å². The van der Waals surface area contributed by atoms with Crippen molar-refractivity contribution in [1.29, 1.82) is 0 Å². The van der Waals surface area contributed by atoms with Gasteiger partial charge in [-0.3, -0.25) is 4.79 Å². The molecule has 3 rings (SSSR count). The Kier molecular flexibility index (Phi) is 5.75. The van der Waals surface area contributed by atoms with Crippen LogP contribution >= 0.6 is 11.6 Å². The molecule has 0 fully saturated rings. The topological polar surface area (TPSA) is 99.1 Å². The third-order valence-corrected chi connectivity index (χ3v) is 3.76. The van der Waals surface area contributed by atoms with Crippen LogP contribution in [-0.2, 0) is 0 Å². The van der Waals surface area contributed by atoms with Gasteiger partial charge in [0.1, 0.15) is 12.1 Å². The van der Waals surface area contributed by atoms with Crippen LogP contribution in [0.5, 0.6) is 11.5 Å². The predicted molar refractivity (Wildman–Crippen MR) is 97.6 cm³/mol. The highest BCUT2D eigenvalue weighted by molar-refractivity contribution is 6.17. The van der Waals surface area contributed by atoms with Gasteiger partial charge in [0.25, 0.3) is 0 Å². The largest absolute Gasteiger partial charge is 0.493 e. The Bertz CT molecular complexity index is 905. The van der Waals surface area contributed by atoms with Crippen LogP contribution in [0.1, 0.15) is 17.0 Å². The predicted octanol–water partition coefficient (Wildman–Crippen LogP) is 2.99. The lowest BCUT2D eigenvalue weighted by Gasteiger charge is -2.13. The van der Waals surface area contributed by atoms with E-state index in [1.165, 1.54) is 18.7 Å². The number of anilines is 2. The number of alkyl halides is 1. The SMILES string of the molecule is COc1cc2c(Nc3cnc(C=O)nc3)ncnc2cc1OCCCCl. The quantitative estimate of drug-likeness (QED) is 0.365. The molecule has 2 aromatic heterocycles. The van der Waals surface area contributed by atoms with Crippen LogP contribution < -0.4 is 14.8 Å². The number of carbonyl (C=O) groups is 1. The molecule has 0 amide bonds. The van der Waals surface area contributed by atoms with Crippen LogP contribution in [0.15, 0.2) is 30.9 Å². The average Bonchev–Trinajstić information content (AvgIpc) is 2.68. The van der Waals surface area contributed by atoms with Crippen molar-refractivity contribution < 1.29 is 14.3 Å². The lowest BCUT2D eigenvalue weighted by Crippen LogP contribution is -2.02. The molecule has 0 radical (unpaired) electrons. The Balaban J connectivity index is 1.94. The normalized spacial score (nSPS) is 10.5. The number of nitrogens with one attached hydrogen (secondary N) is 1. The molecule has 8 nitrogen and oxygen atoms in total. The minimum atomic E-state index is 0.114. The lowest BCUT2D eigenvalue weighted by molar-refractivity contribution is 0.111. The summed E-state index contributed by atoms with van der Waals surface area (Å²) in [7, 11) is 1.57. The fourth-order valence-corrected chi connectivity index (χ4v) is 2.38. The number of hydrogen-bond acceptors (Lipinski definition) is 8. The second-order valence-corrected chi connectivity index (χ2v) is 5.58. The molecule has 9 heteroatoms. The van der Waals surface area contributed by atoms with Crippen molar-refractivity contribution in [2.75, 3.05) is 24.9 Å². The number of halogens is 1. The third-order valence-electron chi connectivity index (χ3n) is 3.50. The molecular formula is C17H16ClN5O3. The Morgan fingerprint density at radius 2 is 1.96 bits per heavy atom. The molecule has 0 aliphatic carbocycles. The highest BCUT2D eigenvalue weighted by Crippen LogP contribution is 2.34. The first-order chi connectivity index (χ1) is 12.7. The number of aromatic nitrogens is 4. The number of methoxy groups -OCH3 is 1. The van der Waals surface area contributed by atoms with E-state index in [9.17, 15) is 4.79 Å². The number of ether oxygens (including phenoxy) is 2. The number of rotatable bonds is 8. The highest BCUT2D eigenvalue weighted by Gasteiger charge is 2.12. The molecule has 0 atom stereocenters. The molecule has 0 saturated heterocycles. The molecule has 0 unspecified atom stereocenters. The summed E-state index contributed by atoms with van der Waals surface area (Å²) in [5.74, 6) is 2.36. The first-order valence-corrected chi connectivity index (χ1v) is 8.34. The summed E-state index contributed by atoms with van der Waals surface area (Å²) < 4.78 is 11.1. The van der Waals surface area contributed by atoms with E-state index in [1.807, 2.05) is 0 Å². The summed E-state index contributed by atoms with van der Waals surface area (Å²) in [6.07, 6.45) is 5.77. The van der Waals surface area contributed by atoms with E-state index in [2.05, 4.69) is 25.3 Å². The van der Waals surface area contributed by atoms with Crippen molar-refractivity contribution in [2.24, 2.45) is 0 Å². The van der Waals surface area contributed by atoms with Crippen molar-refractivity contribution >= 4 is 40.3 Å². The van der Waals surface area contributed by atoms with Crippen LogP contribution in [0, 0.1) is 0 Å². The van der Waals surface area contributed by atoms with Gasteiger partial charge in [0, 0.05) is 17.3 Å². The zero-order valence-corrected chi connectivity index (χ0v) is 14.7. The molecule has 0 spiro atoms. The molecule has 0 aliphatic heterocycles. The average molecular weight is 374 g/mol. The summed E-state index contributed by atoms with van der Waals surface area (Å²) in [4.78, 5) is 27.0. The number of hydrogen-bond donors (Lipinski definition) is 1. The molecule has 26 heavy (non-hydrogen) atoms. The number of aldehydes is 1. The van der Waals surface area contributed by atoms with Crippen molar-refractivity contribution in [1.82, 2.24) is 19.9 Å². The maximum absolute atomic E-state index is 10.6. The molecule has 1 aromatic carbocycles. The van der Waals surface area contributed by atoms with E-state index in [-0.39, 0.29) is 5.82 Å². The van der Waals surface area contributed by atoms with Gasteiger partial charge in [-0.2, -0.15) is 0 Å². The van der Waals surface area contributed by atoms with Crippen molar-refractivity contribution in [3.05, 3.63) is 36.7 Å². The molecule has 134 valence electrons. The Labute approximate surface area is 154 Å². The number of fused-ring (bicyclic) bond motifs is 1.